The highest BCUT2D eigenvalue weighted by Crippen LogP contribution is 2.53. The Labute approximate surface area is 110 Å². The third-order valence-electron chi connectivity index (χ3n) is 4.03. The number of rotatable bonds is 0. The van der Waals surface area contributed by atoms with Crippen molar-refractivity contribution in [2.45, 2.75) is 25.7 Å². The van der Waals surface area contributed by atoms with Crippen LogP contribution >= 0.6 is 0 Å². The number of carbonyl (C=O) groups is 1. The topological polar surface area (TPSA) is 70.3 Å². The number of benzene rings is 1. The van der Waals surface area contributed by atoms with E-state index in [0.717, 1.165) is 5.56 Å². The summed E-state index contributed by atoms with van der Waals surface area (Å²) >= 11 is 0. The summed E-state index contributed by atoms with van der Waals surface area (Å²) in [5.74, 6) is -0.282. The summed E-state index contributed by atoms with van der Waals surface area (Å²) in [4.78, 5) is 12.2. The van der Waals surface area contributed by atoms with E-state index < -0.39 is 11.4 Å². The Balaban J connectivity index is 2.20. The molecular formula is C15H13NO3. The number of nitrogens with zero attached hydrogens (tertiary/aromatic N) is 1. The van der Waals surface area contributed by atoms with Crippen LogP contribution in [0, 0.1) is 16.7 Å². The third-order valence-corrected chi connectivity index (χ3v) is 4.03. The van der Waals surface area contributed by atoms with Crippen LogP contribution in [0.1, 0.15) is 31.2 Å². The van der Waals surface area contributed by atoms with Gasteiger partial charge in [-0.05, 0) is 25.8 Å². The largest absolute Gasteiger partial charge is 0.508 e. The molecule has 1 aliphatic carbocycles. The highest BCUT2D eigenvalue weighted by atomic mass is 16.5. The SMILES string of the molecule is CC1=CC[C@]2(C#N)C(=O)Oc3cc(O)ccc3[C@@H]2C1. The van der Waals surface area contributed by atoms with Crippen LogP contribution < -0.4 is 4.74 Å². The van der Waals surface area contributed by atoms with E-state index in [0.29, 0.717) is 18.6 Å². The Morgan fingerprint density at radius 3 is 3.05 bits per heavy atom. The summed E-state index contributed by atoms with van der Waals surface area (Å²) in [6.45, 7) is 2.00. The first kappa shape index (κ1) is 11.8. The van der Waals surface area contributed by atoms with Crippen LogP contribution in [0.2, 0.25) is 0 Å². The zero-order valence-electron chi connectivity index (χ0n) is 10.5. The molecule has 96 valence electrons. The summed E-state index contributed by atoms with van der Waals surface area (Å²) in [7, 11) is 0. The van der Waals surface area contributed by atoms with E-state index in [1.54, 1.807) is 12.1 Å². The van der Waals surface area contributed by atoms with E-state index in [1.807, 2.05) is 13.0 Å². The number of esters is 1. The molecule has 1 N–H and O–H groups in total. The summed E-state index contributed by atoms with van der Waals surface area (Å²) < 4.78 is 5.26. The van der Waals surface area contributed by atoms with Crippen LogP contribution in [0.3, 0.4) is 0 Å². The number of nitriles is 1. The molecule has 0 fully saturated rings. The monoisotopic (exact) mass is 255 g/mol. The molecule has 0 bridgehead atoms. The highest BCUT2D eigenvalue weighted by Gasteiger charge is 2.53. The number of phenols is 1. The Morgan fingerprint density at radius 2 is 2.32 bits per heavy atom. The van der Waals surface area contributed by atoms with Crippen LogP contribution in [0.4, 0.5) is 0 Å². The van der Waals surface area contributed by atoms with Crippen molar-refractivity contribution in [3.63, 3.8) is 0 Å². The summed E-state index contributed by atoms with van der Waals surface area (Å²) in [6.07, 6.45) is 2.99. The number of fused-ring (bicyclic) bond motifs is 3. The van der Waals surface area contributed by atoms with Crippen molar-refractivity contribution in [1.29, 1.82) is 5.26 Å². The van der Waals surface area contributed by atoms with Crippen molar-refractivity contribution in [3.8, 4) is 17.6 Å². The van der Waals surface area contributed by atoms with Gasteiger partial charge in [0.05, 0.1) is 6.07 Å². The molecule has 2 aliphatic rings. The maximum absolute atomic E-state index is 12.2. The lowest BCUT2D eigenvalue weighted by Gasteiger charge is -2.40. The Hall–Kier alpha value is -2.28. The average Bonchev–Trinajstić information content (AvgIpc) is 2.38. The number of ether oxygens (including phenoxy) is 1. The van der Waals surface area contributed by atoms with E-state index in [2.05, 4.69) is 6.07 Å². The van der Waals surface area contributed by atoms with Gasteiger partial charge in [0.2, 0.25) is 0 Å². The normalized spacial score (nSPS) is 28.5. The lowest BCUT2D eigenvalue weighted by molar-refractivity contribution is -0.145. The van der Waals surface area contributed by atoms with Crippen LogP contribution in [-0.4, -0.2) is 11.1 Å². The van der Waals surface area contributed by atoms with Gasteiger partial charge in [0.15, 0.2) is 5.41 Å². The van der Waals surface area contributed by atoms with Crippen molar-refractivity contribution < 1.29 is 14.6 Å². The molecule has 0 radical (unpaired) electrons. The van der Waals surface area contributed by atoms with Gasteiger partial charge in [-0.15, -0.1) is 0 Å². The lowest BCUT2D eigenvalue weighted by Crippen LogP contribution is -2.44. The molecule has 0 amide bonds. The minimum Gasteiger partial charge on any atom is -0.508 e. The fraction of sp³-hybridized carbons (Fsp3) is 0.333. The quantitative estimate of drug-likeness (QED) is 0.439. The Bertz CT molecular complexity index is 641. The molecule has 0 aromatic heterocycles. The van der Waals surface area contributed by atoms with Gasteiger partial charge in [0.1, 0.15) is 11.5 Å². The molecular weight excluding hydrogens is 242 g/mol. The maximum atomic E-state index is 12.2. The van der Waals surface area contributed by atoms with Gasteiger partial charge < -0.3 is 9.84 Å². The minimum absolute atomic E-state index is 0.0547. The van der Waals surface area contributed by atoms with E-state index in [1.165, 1.54) is 11.6 Å². The lowest BCUT2D eigenvalue weighted by atomic mass is 9.64. The smallest absolute Gasteiger partial charge is 0.332 e. The zero-order valence-corrected chi connectivity index (χ0v) is 10.5. The molecule has 1 aliphatic heterocycles. The van der Waals surface area contributed by atoms with Crippen molar-refractivity contribution in [2.24, 2.45) is 5.41 Å². The molecule has 4 nitrogen and oxygen atoms in total. The van der Waals surface area contributed by atoms with Gasteiger partial charge >= 0.3 is 5.97 Å². The maximum Gasteiger partial charge on any atom is 0.332 e. The number of hydrogen-bond donors (Lipinski definition) is 1. The second-order valence-electron chi connectivity index (χ2n) is 5.21. The molecule has 1 heterocycles. The van der Waals surface area contributed by atoms with E-state index in [-0.39, 0.29) is 11.7 Å². The first-order valence-corrected chi connectivity index (χ1v) is 6.19. The van der Waals surface area contributed by atoms with Gasteiger partial charge in [-0.25, -0.2) is 4.79 Å². The fourth-order valence-corrected chi connectivity index (χ4v) is 2.92. The summed E-state index contributed by atoms with van der Waals surface area (Å²) in [5, 5.41) is 19.0. The second-order valence-corrected chi connectivity index (χ2v) is 5.21. The molecule has 0 saturated heterocycles. The molecule has 3 rings (SSSR count). The van der Waals surface area contributed by atoms with Crippen LogP contribution in [0.25, 0.3) is 0 Å². The minimum atomic E-state index is -1.12. The number of carbonyl (C=O) groups excluding carboxylic acids is 1. The highest BCUT2D eigenvalue weighted by molar-refractivity contribution is 5.87. The van der Waals surface area contributed by atoms with Crippen LogP contribution in [0.15, 0.2) is 29.8 Å². The first-order chi connectivity index (χ1) is 9.06. The summed E-state index contributed by atoms with van der Waals surface area (Å²) in [6, 6.07) is 6.90. The number of phenolic OH excluding ortho intramolecular Hbond substituents is 1. The van der Waals surface area contributed by atoms with E-state index in [4.69, 9.17) is 4.74 Å². The van der Waals surface area contributed by atoms with Gasteiger partial charge in [-0.3, -0.25) is 0 Å². The number of allylic oxidation sites excluding steroid dienone is 2. The van der Waals surface area contributed by atoms with E-state index >= 15 is 0 Å². The van der Waals surface area contributed by atoms with E-state index in [9.17, 15) is 15.2 Å². The number of aromatic hydroxyl groups is 1. The Kier molecular flexibility index (Phi) is 2.39. The molecule has 4 heteroatoms. The molecule has 0 saturated carbocycles. The van der Waals surface area contributed by atoms with Gasteiger partial charge in [0.25, 0.3) is 0 Å². The predicted octanol–water partition coefficient (Wildman–Crippen LogP) is 2.64. The number of hydrogen-bond acceptors (Lipinski definition) is 4. The average molecular weight is 255 g/mol. The molecule has 0 spiro atoms. The molecule has 1 aromatic carbocycles. The van der Waals surface area contributed by atoms with Gasteiger partial charge in [-0.2, -0.15) is 5.26 Å². The fourth-order valence-electron chi connectivity index (χ4n) is 2.92. The van der Waals surface area contributed by atoms with Crippen molar-refractivity contribution in [3.05, 3.63) is 35.4 Å². The Morgan fingerprint density at radius 1 is 1.53 bits per heavy atom. The van der Waals surface area contributed by atoms with Gasteiger partial charge in [0, 0.05) is 17.5 Å². The predicted molar refractivity (Wildman–Crippen MR) is 67.5 cm³/mol. The van der Waals surface area contributed by atoms with Gasteiger partial charge in [-0.1, -0.05) is 17.7 Å². The first-order valence-electron chi connectivity index (χ1n) is 6.19. The molecule has 1 aromatic rings. The standard InChI is InChI=1S/C15H13NO3/c1-9-4-5-15(8-16)12(6-9)11-3-2-10(17)7-13(11)19-14(15)18/h2-4,7,12,17H,5-6H2,1H3/t12-,15+/m0/s1. The zero-order chi connectivity index (χ0) is 13.6. The molecule has 0 unspecified atom stereocenters. The van der Waals surface area contributed by atoms with Crippen molar-refractivity contribution in [1.82, 2.24) is 0 Å². The second kappa shape index (κ2) is 3.86. The van der Waals surface area contributed by atoms with Crippen LogP contribution in [-0.2, 0) is 4.79 Å². The molecule has 19 heavy (non-hydrogen) atoms. The summed E-state index contributed by atoms with van der Waals surface area (Å²) in [5.41, 5.74) is 0.875. The van der Waals surface area contributed by atoms with Crippen molar-refractivity contribution in [2.75, 3.05) is 0 Å². The van der Waals surface area contributed by atoms with Crippen molar-refractivity contribution >= 4 is 5.97 Å². The molecule has 2 atom stereocenters. The van der Waals surface area contributed by atoms with Crippen LogP contribution in [0.5, 0.6) is 11.5 Å². The third kappa shape index (κ3) is 1.55.